The first-order valence-corrected chi connectivity index (χ1v) is 8.25. The number of sulfonamides is 1. The summed E-state index contributed by atoms with van der Waals surface area (Å²) in [5.74, 6) is -0.829. The van der Waals surface area contributed by atoms with Crippen molar-refractivity contribution in [2.45, 2.75) is 31.2 Å². The fourth-order valence-corrected chi connectivity index (χ4v) is 4.02. The number of nitrogens with two attached hydrogens (primary N) is 1. The molecular weight excluding hydrogens is 296 g/mol. The zero-order chi connectivity index (χ0) is 15.6. The topological polar surface area (TPSA) is 108 Å². The van der Waals surface area contributed by atoms with E-state index in [0.29, 0.717) is 25.9 Å². The van der Waals surface area contributed by atoms with Crippen molar-refractivity contribution >= 4 is 21.8 Å². The molecule has 1 fully saturated rings. The van der Waals surface area contributed by atoms with Crippen molar-refractivity contribution in [2.75, 3.05) is 25.9 Å². The van der Waals surface area contributed by atoms with Gasteiger partial charge < -0.3 is 10.5 Å². The normalized spacial score (nSPS) is 20.4. The number of anilines is 1. The van der Waals surface area contributed by atoms with Crippen molar-refractivity contribution in [1.29, 1.82) is 0 Å². The molecule has 21 heavy (non-hydrogen) atoms. The third-order valence-electron chi connectivity index (χ3n) is 3.62. The van der Waals surface area contributed by atoms with Gasteiger partial charge in [-0.3, -0.25) is 9.48 Å². The SMILES string of the molecule is CCn1cc(S(=O)(=O)N2CCCC(C(=O)OC)C2)c(N)n1. The van der Waals surface area contributed by atoms with Crippen LogP contribution in [-0.4, -0.2) is 48.7 Å². The van der Waals surface area contributed by atoms with Crippen LogP contribution in [0, 0.1) is 5.92 Å². The van der Waals surface area contributed by atoms with E-state index >= 15 is 0 Å². The van der Waals surface area contributed by atoms with Crippen molar-refractivity contribution in [2.24, 2.45) is 5.92 Å². The molecule has 1 unspecified atom stereocenters. The van der Waals surface area contributed by atoms with Gasteiger partial charge in [0.25, 0.3) is 0 Å². The van der Waals surface area contributed by atoms with Gasteiger partial charge in [0.05, 0.1) is 13.0 Å². The summed E-state index contributed by atoms with van der Waals surface area (Å²) >= 11 is 0. The molecule has 1 aromatic rings. The lowest BCUT2D eigenvalue weighted by Gasteiger charge is -2.30. The van der Waals surface area contributed by atoms with Crippen LogP contribution in [0.5, 0.6) is 0 Å². The van der Waals surface area contributed by atoms with E-state index in [2.05, 4.69) is 5.10 Å². The molecule has 118 valence electrons. The van der Waals surface area contributed by atoms with Crippen LogP contribution in [0.2, 0.25) is 0 Å². The van der Waals surface area contributed by atoms with E-state index in [4.69, 9.17) is 10.5 Å². The predicted octanol–water partition coefficient (Wildman–Crippen LogP) is 0.0589. The molecule has 0 bridgehead atoms. The summed E-state index contributed by atoms with van der Waals surface area (Å²) in [5, 5.41) is 3.96. The lowest BCUT2D eigenvalue weighted by atomic mass is 10.0. The summed E-state index contributed by atoms with van der Waals surface area (Å²) in [6.45, 7) is 2.86. The second-order valence-corrected chi connectivity index (χ2v) is 6.87. The number of piperidine rings is 1. The summed E-state index contributed by atoms with van der Waals surface area (Å²) in [4.78, 5) is 11.6. The molecule has 2 N–H and O–H groups in total. The van der Waals surface area contributed by atoms with Gasteiger partial charge in [-0.15, -0.1) is 0 Å². The van der Waals surface area contributed by atoms with E-state index in [-0.39, 0.29) is 23.2 Å². The molecule has 1 saturated heterocycles. The van der Waals surface area contributed by atoms with Gasteiger partial charge >= 0.3 is 5.97 Å². The lowest BCUT2D eigenvalue weighted by Crippen LogP contribution is -2.42. The fraction of sp³-hybridized carbons (Fsp3) is 0.667. The third kappa shape index (κ3) is 3.03. The Bertz CT molecular complexity index is 625. The van der Waals surface area contributed by atoms with Crippen LogP contribution in [0.25, 0.3) is 0 Å². The smallest absolute Gasteiger partial charge is 0.309 e. The Morgan fingerprint density at radius 1 is 1.57 bits per heavy atom. The van der Waals surface area contributed by atoms with Crippen molar-refractivity contribution in [3.8, 4) is 0 Å². The largest absolute Gasteiger partial charge is 0.469 e. The van der Waals surface area contributed by atoms with Crippen molar-refractivity contribution < 1.29 is 17.9 Å². The van der Waals surface area contributed by atoms with Crippen LogP contribution in [-0.2, 0) is 26.1 Å². The molecule has 1 atom stereocenters. The second-order valence-electron chi connectivity index (χ2n) is 4.96. The highest BCUT2D eigenvalue weighted by Crippen LogP contribution is 2.26. The van der Waals surface area contributed by atoms with Crippen molar-refractivity contribution in [1.82, 2.24) is 14.1 Å². The maximum Gasteiger partial charge on any atom is 0.309 e. The monoisotopic (exact) mass is 316 g/mol. The molecule has 1 aromatic heterocycles. The highest BCUT2D eigenvalue weighted by atomic mass is 32.2. The lowest BCUT2D eigenvalue weighted by molar-refractivity contribution is -0.146. The maximum atomic E-state index is 12.6. The Balaban J connectivity index is 2.26. The molecule has 0 amide bonds. The van der Waals surface area contributed by atoms with Crippen LogP contribution >= 0.6 is 0 Å². The number of esters is 1. The summed E-state index contributed by atoms with van der Waals surface area (Å²) in [6, 6.07) is 0. The number of ether oxygens (including phenoxy) is 1. The van der Waals surface area contributed by atoms with Gasteiger partial charge in [0.2, 0.25) is 10.0 Å². The van der Waals surface area contributed by atoms with Gasteiger partial charge in [-0.25, -0.2) is 8.42 Å². The van der Waals surface area contributed by atoms with E-state index in [0.717, 1.165) is 0 Å². The van der Waals surface area contributed by atoms with Crippen LogP contribution in [0.4, 0.5) is 5.82 Å². The summed E-state index contributed by atoms with van der Waals surface area (Å²) < 4.78 is 32.7. The highest BCUT2D eigenvalue weighted by molar-refractivity contribution is 7.89. The van der Waals surface area contributed by atoms with Gasteiger partial charge in [-0.05, 0) is 19.8 Å². The standard InChI is InChI=1S/C12H20N4O4S/c1-3-15-8-10(11(13)14-15)21(18,19)16-6-4-5-9(7-16)12(17)20-2/h8-9H,3-7H2,1-2H3,(H2,13,14). The Morgan fingerprint density at radius 2 is 2.29 bits per heavy atom. The minimum atomic E-state index is -3.74. The van der Waals surface area contributed by atoms with Gasteiger partial charge in [-0.1, -0.05) is 0 Å². The molecule has 0 radical (unpaired) electrons. The van der Waals surface area contributed by atoms with Crippen molar-refractivity contribution in [3.05, 3.63) is 6.20 Å². The number of aryl methyl sites for hydroxylation is 1. The number of rotatable bonds is 4. The van der Waals surface area contributed by atoms with Crippen LogP contribution in [0.1, 0.15) is 19.8 Å². The molecule has 1 aliphatic rings. The third-order valence-corrected chi connectivity index (χ3v) is 5.50. The number of hydrogen-bond donors (Lipinski definition) is 1. The summed E-state index contributed by atoms with van der Waals surface area (Å²) in [6.07, 6.45) is 2.66. The van der Waals surface area contributed by atoms with Crippen LogP contribution in [0.3, 0.4) is 0 Å². The average molecular weight is 316 g/mol. The Morgan fingerprint density at radius 3 is 2.86 bits per heavy atom. The zero-order valence-corrected chi connectivity index (χ0v) is 13.0. The van der Waals surface area contributed by atoms with Crippen LogP contribution in [0.15, 0.2) is 11.1 Å². The minimum Gasteiger partial charge on any atom is -0.469 e. The number of nitrogens with zero attached hydrogens (tertiary/aromatic N) is 3. The molecular formula is C12H20N4O4S. The number of nitrogen functional groups attached to an aromatic ring is 1. The molecule has 1 aliphatic heterocycles. The highest BCUT2D eigenvalue weighted by Gasteiger charge is 2.35. The first kappa shape index (κ1) is 15.8. The number of methoxy groups -OCH3 is 1. The fourth-order valence-electron chi connectivity index (χ4n) is 2.44. The number of aromatic nitrogens is 2. The van der Waals surface area contributed by atoms with E-state index in [1.54, 1.807) is 0 Å². The first-order valence-electron chi connectivity index (χ1n) is 6.81. The molecule has 2 heterocycles. The average Bonchev–Trinajstić information content (AvgIpc) is 2.88. The minimum absolute atomic E-state index is 0.00475. The molecule has 0 saturated carbocycles. The Hall–Kier alpha value is -1.61. The molecule has 0 aliphatic carbocycles. The molecule has 8 nitrogen and oxygen atoms in total. The van der Waals surface area contributed by atoms with Crippen molar-refractivity contribution in [3.63, 3.8) is 0 Å². The van der Waals surface area contributed by atoms with E-state index in [9.17, 15) is 13.2 Å². The van der Waals surface area contributed by atoms with Gasteiger partial charge in [-0.2, -0.15) is 9.40 Å². The van der Waals surface area contributed by atoms with Crippen LogP contribution < -0.4 is 5.73 Å². The number of carbonyl (C=O) groups excluding carboxylic acids is 1. The van der Waals surface area contributed by atoms with Gasteiger partial charge in [0.1, 0.15) is 4.90 Å². The number of hydrogen-bond acceptors (Lipinski definition) is 6. The molecule has 0 aromatic carbocycles. The molecule has 9 heteroatoms. The number of carbonyl (C=O) groups is 1. The zero-order valence-electron chi connectivity index (χ0n) is 12.2. The van der Waals surface area contributed by atoms with E-state index in [1.807, 2.05) is 6.92 Å². The Labute approximate surface area is 123 Å². The van der Waals surface area contributed by atoms with E-state index < -0.39 is 15.9 Å². The predicted molar refractivity (Wildman–Crippen MR) is 75.8 cm³/mol. The molecule has 0 spiro atoms. The quantitative estimate of drug-likeness (QED) is 0.787. The maximum absolute atomic E-state index is 12.6. The first-order chi connectivity index (χ1) is 9.90. The molecule has 2 rings (SSSR count). The Kier molecular flexibility index (Phi) is 4.52. The van der Waals surface area contributed by atoms with E-state index in [1.165, 1.54) is 22.3 Å². The second kappa shape index (κ2) is 6.02. The van der Waals surface area contributed by atoms with Gasteiger partial charge in [0, 0.05) is 25.8 Å². The summed E-state index contributed by atoms with van der Waals surface area (Å²) in [5.41, 5.74) is 5.70. The summed E-state index contributed by atoms with van der Waals surface area (Å²) in [7, 11) is -2.43. The van der Waals surface area contributed by atoms with Gasteiger partial charge in [0.15, 0.2) is 5.82 Å².